The average Bonchev–Trinajstić information content (AvgIpc) is 3.19. The van der Waals surface area contributed by atoms with Crippen molar-refractivity contribution in [2.45, 2.75) is 24.8 Å². The van der Waals surface area contributed by atoms with Crippen molar-refractivity contribution in [2.75, 3.05) is 31.3 Å². The SMILES string of the molecule is CCc1c(C(=O)N2CCOc3ccc(-c4cnc(NC(=O)CN)s4)cc3C2)ccc(S(C)(=O)=O)c1F. The highest BCUT2D eigenvalue weighted by molar-refractivity contribution is 7.90. The molecule has 36 heavy (non-hydrogen) atoms. The van der Waals surface area contributed by atoms with E-state index >= 15 is 4.39 Å². The Kier molecular flexibility index (Phi) is 7.38. The Morgan fingerprint density at radius 2 is 2.06 bits per heavy atom. The van der Waals surface area contributed by atoms with Crippen LogP contribution in [-0.2, 0) is 27.6 Å². The molecule has 0 saturated carbocycles. The number of amides is 2. The Morgan fingerprint density at radius 1 is 1.28 bits per heavy atom. The van der Waals surface area contributed by atoms with E-state index in [9.17, 15) is 18.0 Å². The molecule has 2 heterocycles. The lowest BCUT2D eigenvalue weighted by atomic mass is 10.0. The van der Waals surface area contributed by atoms with Crippen LogP contribution in [0.15, 0.2) is 41.4 Å². The zero-order chi connectivity index (χ0) is 26.0. The van der Waals surface area contributed by atoms with Crippen LogP contribution in [0.3, 0.4) is 0 Å². The molecule has 0 saturated heterocycles. The number of hydrogen-bond acceptors (Lipinski definition) is 8. The van der Waals surface area contributed by atoms with Crippen molar-refractivity contribution in [1.29, 1.82) is 0 Å². The maximum atomic E-state index is 15.0. The lowest BCUT2D eigenvalue weighted by Crippen LogP contribution is -2.33. The van der Waals surface area contributed by atoms with E-state index in [4.69, 9.17) is 10.5 Å². The number of hydrogen-bond donors (Lipinski definition) is 2. The number of halogens is 1. The van der Waals surface area contributed by atoms with Gasteiger partial charge in [-0.1, -0.05) is 18.3 Å². The topological polar surface area (TPSA) is 132 Å². The van der Waals surface area contributed by atoms with Gasteiger partial charge in [-0.25, -0.2) is 17.8 Å². The van der Waals surface area contributed by atoms with Crippen molar-refractivity contribution >= 4 is 38.1 Å². The van der Waals surface area contributed by atoms with Gasteiger partial charge in [0, 0.05) is 35.7 Å². The summed E-state index contributed by atoms with van der Waals surface area (Å²) < 4.78 is 44.7. The van der Waals surface area contributed by atoms with E-state index in [1.807, 2.05) is 18.2 Å². The predicted molar refractivity (Wildman–Crippen MR) is 134 cm³/mol. The van der Waals surface area contributed by atoms with Gasteiger partial charge in [0.2, 0.25) is 5.91 Å². The molecule has 3 N–H and O–H groups in total. The van der Waals surface area contributed by atoms with E-state index in [2.05, 4.69) is 10.3 Å². The van der Waals surface area contributed by atoms with Crippen molar-refractivity contribution in [3.05, 3.63) is 59.0 Å². The third kappa shape index (κ3) is 5.25. The Balaban J connectivity index is 1.63. The number of aromatic nitrogens is 1. The van der Waals surface area contributed by atoms with Crippen LogP contribution in [0.4, 0.5) is 9.52 Å². The van der Waals surface area contributed by atoms with Crippen LogP contribution in [-0.4, -0.2) is 56.1 Å². The minimum absolute atomic E-state index is 0.0683. The zero-order valence-electron chi connectivity index (χ0n) is 19.7. The first-order chi connectivity index (χ1) is 17.1. The first-order valence-electron chi connectivity index (χ1n) is 11.1. The van der Waals surface area contributed by atoms with Gasteiger partial charge in [0.1, 0.15) is 23.1 Å². The van der Waals surface area contributed by atoms with Crippen molar-refractivity contribution in [3.63, 3.8) is 0 Å². The molecular weight excluding hydrogens is 507 g/mol. The molecule has 0 bridgehead atoms. The number of nitrogens with zero attached hydrogens (tertiary/aromatic N) is 2. The minimum atomic E-state index is -3.77. The summed E-state index contributed by atoms with van der Waals surface area (Å²) in [5.41, 5.74) is 7.11. The van der Waals surface area contributed by atoms with Crippen LogP contribution < -0.4 is 15.8 Å². The molecule has 0 aliphatic carbocycles. The second-order valence-corrected chi connectivity index (χ2v) is 11.2. The van der Waals surface area contributed by atoms with Crippen LogP contribution in [0.1, 0.15) is 28.4 Å². The molecule has 0 unspecified atom stereocenters. The molecule has 2 amide bonds. The van der Waals surface area contributed by atoms with Gasteiger partial charge in [0.25, 0.3) is 5.91 Å². The molecular formula is C24H25FN4O5S2. The number of anilines is 1. The molecule has 190 valence electrons. The number of rotatable bonds is 6. The summed E-state index contributed by atoms with van der Waals surface area (Å²) in [6.45, 7) is 2.27. The van der Waals surface area contributed by atoms with Crippen LogP contribution in [0.2, 0.25) is 0 Å². The molecule has 0 spiro atoms. The number of carbonyl (C=O) groups is 2. The first-order valence-corrected chi connectivity index (χ1v) is 13.9. The van der Waals surface area contributed by atoms with E-state index in [0.717, 1.165) is 28.3 Å². The molecule has 0 fully saturated rings. The fourth-order valence-corrected chi connectivity index (χ4v) is 5.55. The number of benzene rings is 2. The van der Waals surface area contributed by atoms with Crippen molar-refractivity contribution in [1.82, 2.24) is 9.88 Å². The highest BCUT2D eigenvalue weighted by atomic mass is 32.2. The summed E-state index contributed by atoms with van der Waals surface area (Å²) in [6, 6.07) is 8.08. The predicted octanol–water partition coefficient (Wildman–Crippen LogP) is 2.85. The average molecular weight is 533 g/mol. The summed E-state index contributed by atoms with van der Waals surface area (Å²) >= 11 is 1.29. The number of carbonyl (C=O) groups excluding carboxylic acids is 2. The number of sulfone groups is 1. The fourth-order valence-electron chi connectivity index (χ4n) is 3.96. The number of nitrogens with one attached hydrogen (secondary N) is 1. The van der Waals surface area contributed by atoms with Gasteiger partial charge in [-0.15, -0.1) is 0 Å². The van der Waals surface area contributed by atoms with E-state index in [1.165, 1.54) is 17.4 Å². The Hall–Kier alpha value is -3.35. The summed E-state index contributed by atoms with van der Waals surface area (Å²) in [6.07, 6.45) is 2.74. The highest BCUT2D eigenvalue weighted by Gasteiger charge is 2.27. The maximum Gasteiger partial charge on any atom is 0.254 e. The molecule has 9 nitrogen and oxygen atoms in total. The van der Waals surface area contributed by atoms with E-state index in [-0.39, 0.29) is 49.7 Å². The van der Waals surface area contributed by atoms with Gasteiger partial charge in [-0.05, 0) is 42.3 Å². The summed E-state index contributed by atoms with van der Waals surface area (Å²) in [5.74, 6) is -1.00. The molecule has 3 aromatic rings. The smallest absolute Gasteiger partial charge is 0.254 e. The lowest BCUT2D eigenvalue weighted by Gasteiger charge is -2.22. The van der Waals surface area contributed by atoms with E-state index in [1.54, 1.807) is 18.0 Å². The monoisotopic (exact) mass is 532 g/mol. The van der Waals surface area contributed by atoms with Gasteiger partial charge < -0.3 is 20.7 Å². The normalized spacial score (nSPS) is 13.5. The quantitative estimate of drug-likeness (QED) is 0.499. The van der Waals surface area contributed by atoms with Crippen LogP contribution in [0.25, 0.3) is 10.4 Å². The second-order valence-electron chi connectivity index (χ2n) is 8.21. The third-order valence-electron chi connectivity index (χ3n) is 5.74. The largest absolute Gasteiger partial charge is 0.491 e. The van der Waals surface area contributed by atoms with Gasteiger partial charge in [0.15, 0.2) is 15.0 Å². The molecule has 12 heteroatoms. The lowest BCUT2D eigenvalue weighted by molar-refractivity contribution is -0.114. The molecule has 1 aliphatic heterocycles. The molecule has 1 aromatic heterocycles. The molecule has 1 aliphatic rings. The number of thiazole rings is 1. The standard InChI is InChI=1S/C24H25FN4O5S2/c1-3-16-17(5-7-20(22(16)25)36(2,32)33)23(31)29-8-9-34-18-6-4-14(10-15(18)13-29)19-12-27-24(35-19)28-21(30)11-26/h4-7,10,12H,3,8-9,11,13,26H2,1-2H3,(H,27,28,30). The van der Waals surface area contributed by atoms with Gasteiger partial charge in [0.05, 0.1) is 18.0 Å². The van der Waals surface area contributed by atoms with Crippen LogP contribution in [0, 0.1) is 5.82 Å². The second kappa shape index (κ2) is 10.3. The Morgan fingerprint density at radius 3 is 2.75 bits per heavy atom. The minimum Gasteiger partial charge on any atom is -0.491 e. The van der Waals surface area contributed by atoms with E-state index in [0.29, 0.717) is 10.9 Å². The third-order valence-corrected chi connectivity index (χ3v) is 7.82. The molecule has 0 atom stereocenters. The van der Waals surface area contributed by atoms with E-state index < -0.39 is 26.5 Å². The van der Waals surface area contributed by atoms with Crippen LogP contribution >= 0.6 is 11.3 Å². The molecule has 2 aromatic carbocycles. The summed E-state index contributed by atoms with van der Waals surface area (Å²) in [4.78, 5) is 31.1. The Labute approximate surface area is 212 Å². The van der Waals surface area contributed by atoms with Gasteiger partial charge >= 0.3 is 0 Å². The fraction of sp³-hybridized carbons (Fsp3) is 0.292. The van der Waals surface area contributed by atoms with Crippen molar-refractivity contribution in [3.8, 4) is 16.2 Å². The van der Waals surface area contributed by atoms with Crippen molar-refractivity contribution < 1.29 is 27.1 Å². The molecule has 4 rings (SSSR count). The highest BCUT2D eigenvalue weighted by Crippen LogP contribution is 2.34. The zero-order valence-corrected chi connectivity index (χ0v) is 21.3. The Bertz CT molecular complexity index is 1440. The first kappa shape index (κ1) is 25.7. The van der Waals surface area contributed by atoms with Crippen molar-refractivity contribution in [2.24, 2.45) is 5.73 Å². The summed E-state index contributed by atoms with van der Waals surface area (Å²) in [7, 11) is -3.77. The van der Waals surface area contributed by atoms with Gasteiger partial charge in [-0.2, -0.15) is 0 Å². The number of nitrogens with two attached hydrogens (primary N) is 1. The summed E-state index contributed by atoms with van der Waals surface area (Å²) in [5, 5.41) is 3.05. The van der Waals surface area contributed by atoms with Gasteiger partial charge in [-0.3, -0.25) is 9.59 Å². The maximum absolute atomic E-state index is 15.0. The number of fused-ring (bicyclic) bond motifs is 1. The van der Waals surface area contributed by atoms with Crippen LogP contribution in [0.5, 0.6) is 5.75 Å². The molecule has 0 radical (unpaired) electrons. The number of ether oxygens (including phenoxy) is 1.